The second-order valence-corrected chi connectivity index (χ2v) is 2.43. The highest BCUT2D eigenvalue weighted by molar-refractivity contribution is 4.87. The Labute approximate surface area is 56.7 Å². The van der Waals surface area contributed by atoms with Crippen molar-refractivity contribution < 1.29 is 4.74 Å². The molecule has 1 heterocycles. The largest absolute Gasteiger partial charge is 0.374 e. The third kappa shape index (κ3) is 2.19. The first-order valence-electron chi connectivity index (χ1n) is 3.68. The summed E-state index contributed by atoms with van der Waals surface area (Å²) >= 11 is 0. The minimum Gasteiger partial charge on any atom is -0.374 e. The van der Waals surface area contributed by atoms with Crippen LogP contribution in [-0.2, 0) is 4.74 Å². The van der Waals surface area contributed by atoms with Gasteiger partial charge >= 0.3 is 0 Å². The monoisotopic (exact) mass is 126 g/mol. The van der Waals surface area contributed by atoms with Crippen molar-refractivity contribution in [3.63, 3.8) is 0 Å². The zero-order valence-electron chi connectivity index (χ0n) is 5.97. The summed E-state index contributed by atoms with van der Waals surface area (Å²) < 4.78 is 5.43. The standard InChI is InChI=1S/C8H14O/c1-2-5-8-6-3-4-7-9-8/h2,5,8H,3-4,6-7H2,1H3/t8-/m0/s1. The molecule has 0 radical (unpaired) electrons. The van der Waals surface area contributed by atoms with Crippen LogP contribution >= 0.6 is 0 Å². The highest BCUT2D eigenvalue weighted by Crippen LogP contribution is 2.12. The van der Waals surface area contributed by atoms with Crippen molar-refractivity contribution in [2.24, 2.45) is 0 Å². The van der Waals surface area contributed by atoms with Crippen LogP contribution in [0.4, 0.5) is 0 Å². The Kier molecular flexibility index (Phi) is 2.78. The van der Waals surface area contributed by atoms with E-state index >= 15 is 0 Å². The van der Waals surface area contributed by atoms with E-state index in [0.29, 0.717) is 6.10 Å². The molecule has 0 unspecified atom stereocenters. The first-order valence-corrected chi connectivity index (χ1v) is 3.68. The summed E-state index contributed by atoms with van der Waals surface area (Å²) in [4.78, 5) is 0. The number of hydrogen-bond donors (Lipinski definition) is 0. The van der Waals surface area contributed by atoms with E-state index in [-0.39, 0.29) is 0 Å². The molecule has 1 heteroatoms. The van der Waals surface area contributed by atoms with E-state index in [9.17, 15) is 0 Å². The molecule has 1 nitrogen and oxygen atoms in total. The van der Waals surface area contributed by atoms with Crippen molar-refractivity contribution >= 4 is 0 Å². The van der Waals surface area contributed by atoms with Gasteiger partial charge in [-0.1, -0.05) is 12.2 Å². The molecule has 0 aliphatic carbocycles. The molecule has 1 aliphatic heterocycles. The molecule has 1 fully saturated rings. The van der Waals surface area contributed by atoms with Crippen LogP contribution in [0, 0.1) is 0 Å². The number of allylic oxidation sites excluding steroid dienone is 1. The van der Waals surface area contributed by atoms with Gasteiger partial charge in [0.05, 0.1) is 6.10 Å². The van der Waals surface area contributed by atoms with Crippen molar-refractivity contribution in [3.8, 4) is 0 Å². The Morgan fingerprint density at radius 1 is 1.44 bits per heavy atom. The molecule has 0 aromatic rings. The first-order chi connectivity index (χ1) is 4.43. The summed E-state index contributed by atoms with van der Waals surface area (Å²) in [6.45, 7) is 2.99. The Balaban J connectivity index is 2.23. The molecule has 0 saturated carbocycles. The van der Waals surface area contributed by atoms with E-state index < -0.39 is 0 Å². The molecule has 0 aromatic carbocycles. The van der Waals surface area contributed by atoms with Crippen molar-refractivity contribution in [1.82, 2.24) is 0 Å². The fourth-order valence-corrected chi connectivity index (χ4v) is 1.13. The molecule has 0 spiro atoms. The Morgan fingerprint density at radius 3 is 2.89 bits per heavy atom. The predicted octanol–water partition coefficient (Wildman–Crippen LogP) is 2.13. The lowest BCUT2D eigenvalue weighted by atomic mass is 10.1. The quantitative estimate of drug-likeness (QED) is 0.489. The molecule has 9 heavy (non-hydrogen) atoms. The van der Waals surface area contributed by atoms with Crippen LogP contribution in [0.15, 0.2) is 12.2 Å². The first kappa shape index (κ1) is 6.81. The molecule has 1 atom stereocenters. The van der Waals surface area contributed by atoms with Gasteiger partial charge in [-0.3, -0.25) is 0 Å². The van der Waals surface area contributed by atoms with Gasteiger partial charge in [0.25, 0.3) is 0 Å². The lowest BCUT2D eigenvalue weighted by molar-refractivity contribution is 0.0465. The smallest absolute Gasteiger partial charge is 0.0755 e. The predicted molar refractivity (Wildman–Crippen MR) is 38.4 cm³/mol. The molecule has 1 aliphatic rings. The third-order valence-electron chi connectivity index (χ3n) is 1.62. The molecular weight excluding hydrogens is 112 g/mol. The van der Waals surface area contributed by atoms with E-state index in [4.69, 9.17) is 4.74 Å². The van der Waals surface area contributed by atoms with Crippen LogP contribution in [0.1, 0.15) is 26.2 Å². The van der Waals surface area contributed by atoms with Crippen LogP contribution in [0.5, 0.6) is 0 Å². The zero-order valence-corrected chi connectivity index (χ0v) is 5.97. The maximum atomic E-state index is 5.43. The maximum Gasteiger partial charge on any atom is 0.0755 e. The van der Waals surface area contributed by atoms with E-state index in [0.717, 1.165) is 6.61 Å². The summed E-state index contributed by atoms with van der Waals surface area (Å²) in [7, 11) is 0. The molecule has 1 rings (SSSR count). The molecule has 0 aromatic heterocycles. The van der Waals surface area contributed by atoms with E-state index in [1.807, 2.05) is 6.92 Å². The summed E-state index contributed by atoms with van der Waals surface area (Å²) in [6.07, 6.45) is 8.41. The summed E-state index contributed by atoms with van der Waals surface area (Å²) in [5.74, 6) is 0. The van der Waals surface area contributed by atoms with E-state index in [1.54, 1.807) is 0 Å². The van der Waals surface area contributed by atoms with Crippen molar-refractivity contribution in [2.45, 2.75) is 32.3 Å². The van der Waals surface area contributed by atoms with E-state index in [1.165, 1.54) is 19.3 Å². The van der Waals surface area contributed by atoms with Crippen LogP contribution in [0.25, 0.3) is 0 Å². The van der Waals surface area contributed by atoms with Crippen LogP contribution < -0.4 is 0 Å². The van der Waals surface area contributed by atoms with Gasteiger partial charge in [0.15, 0.2) is 0 Å². The van der Waals surface area contributed by atoms with Crippen molar-refractivity contribution in [1.29, 1.82) is 0 Å². The highest BCUT2D eigenvalue weighted by Gasteiger charge is 2.08. The topological polar surface area (TPSA) is 9.23 Å². The molecule has 0 N–H and O–H groups in total. The van der Waals surface area contributed by atoms with Gasteiger partial charge in [-0.2, -0.15) is 0 Å². The summed E-state index contributed by atoms with van der Waals surface area (Å²) in [5, 5.41) is 0. The molecule has 0 amide bonds. The van der Waals surface area contributed by atoms with Gasteiger partial charge in [-0.25, -0.2) is 0 Å². The lowest BCUT2D eigenvalue weighted by Crippen LogP contribution is -2.15. The fraction of sp³-hybridized carbons (Fsp3) is 0.750. The van der Waals surface area contributed by atoms with Crippen molar-refractivity contribution in [3.05, 3.63) is 12.2 Å². The SMILES string of the molecule is CC=C[C@H]1CCCCO1. The average molecular weight is 126 g/mol. The van der Waals surface area contributed by atoms with Gasteiger partial charge in [0.2, 0.25) is 0 Å². The second kappa shape index (κ2) is 3.67. The van der Waals surface area contributed by atoms with E-state index in [2.05, 4.69) is 12.2 Å². The minimum atomic E-state index is 0.420. The van der Waals surface area contributed by atoms with Gasteiger partial charge in [0, 0.05) is 6.61 Å². The Bertz CT molecular complexity index is 90.7. The number of hydrogen-bond acceptors (Lipinski definition) is 1. The summed E-state index contributed by atoms with van der Waals surface area (Å²) in [5.41, 5.74) is 0. The third-order valence-corrected chi connectivity index (χ3v) is 1.62. The number of rotatable bonds is 1. The zero-order chi connectivity index (χ0) is 6.53. The molecular formula is C8H14O. The lowest BCUT2D eigenvalue weighted by Gasteiger charge is -2.18. The van der Waals surface area contributed by atoms with Crippen LogP contribution in [0.3, 0.4) is 0 Å². The Hall–Kier alpha value is -0.300. The molecule has 52 valence electrons. The summed E-state index contributed by atoms with van der Waals surface area (Å²) in [6, 6.07) is 0. The Morgan fingerprint density at radius 2 is 2.33 bits per heavy atom. The van der Waals surface area contributed by atoms with Crippen LogP contribution in [-0.4, -0.2) is 12.7 Å². The fourth-order valence-electron chi connectivity index (χ4n) is 1.13. The van der Waals surface area contributed by atoms with Crippen molar-refractivity contribution in [2.75, 3.05) is 6.61 Å². The van der Waals surface area contributed by atoms with Gasteiger partial charge in [-0.15, -0.1) is 0 Å². The highest BCUT2D eigenvalue weighted by atomic mass is 16.5. The maximum absolute atomic E-state index is 5.43. The average Bonchev–Trinajstić information content (AvgIpc) is 1.91. The van der Waals surface area contributed by atoms with Gasteiger partial charge in [-0.05, 0) is 26.2 Å². The molecule has 1 saturated heterocycles. The van der Waals surface area contributed by atoms with Crippen LogP contribution in [0.2, 0.25) is 0 Å². The number of ether oxygens (including phenoxy) is 1. The van der Waals surface area contributed by atoms with Gasteiger partial charge in [0.1, 0.15) is 0 Å². The second-order valence-electron chi connectivity index (χ2n) is 2.43. The normalized spacial score (nSPS) is 29.2. The molecule has 0 bridgehead atoms. The van der Waals surface area contributed by atoms with Gasteiger partial charge < -0.3 is 4.74 Å². The minimum absolute atomic E-state index is 0.420.